The Morgan fingerprint density at radius 1 is 1.20 bits per heavy atom. The van der Waals surface area contributed by atoms with Gasteiger partial charge in [0.05, 0.1) is 22.4 Å². The molecule has 20 heavy (non-hydrogen) atoms. The van der Waals surface area contributed by atoms with E-state index in [1.807, 2.05) is 27.7 Å². The van der Waals surface area contributed by atoms with Crippen LogP contribution in [-0.2, 0) is 9.31 Å². The summed E-state index contributed by atoms with van der Waals surface area (Å²) < 4.78 is 11.7. The molecule has 1 saturated heterocycles. The Labute approximate surface area is 118 Å². The van der Waals surface area contributed by atoms with Crippen LogP contribution in [-0.4, -0.2) is 36.3 Å². The van der Waals surface area contributed by atoms with E-state index in [2.05, 4.69) is 10.3 Å². The second-order valence-electron chi connectivity index (χ2n) is 5.82. The summed E-state index contributed by atoms with van der Waals surface area (Å²) in [5.74, 6) is -0.300. The second-order valence-corrected chi connectivity index (χ2v) is 5.82. The zero-order valence-corrected chi connectivity index (χ0v) is 12.4. The predicted molar refractivity (Wildman–Crippen MR) is 76.2 cm³/mol. The van der Waals surface area contributed by atoms with Gasteiger partial charge in [-0.25, -0.2) is 0 Å². The largest absolute Gasteiger partial charge is 0.513 e. The fraction of sp³-hybridized carbons (Fsp3) is 0.538. The number of H-pyrrole nitrogens is 1. The SMILES string of the molecule is CNC(=O)c1ccc(=O)[nH]c1B1OC(C)(C)C(C)(C)O1. The molecule has 0 aliphatic carbocycles. The van der Waals surface area contributed by atoms with Gasteiger partial charge in [-0.3, -0.25) is 9.59 Å². The molecule has 0 saturated carbocycles. The third kappa shape index (κ3) is 2.38. The summed E-state index contributed by atoms with van der Waals surface area (Å²) in [4.78, 5) is 26.1. The maximum Gasteiger partial charge on any atom is 0.513 e. The van der Waals surface area contributed by atoms with Crippen molar-refractivity contribution in [2.24, 2.45) is 0 Å². The quantitative estimate of drug-likeness (QED) is 0.748. The summed E-state index contributed by atoms with van der Waals surface area (Å²) in [5, 5.41) is 2.53. The van der Waals surface area contributed by atoms with Crippen LogP contribution in [0.1, 0.15) is 38.1 Å². The van der Waals surface area contributed by atoms with Crippen molar-refractivity contribution >= 4 is 18.6 Å². The highest BCUT2D eigenvalue weighted by atomic mass is 16.7. The Bertz CT molecular complexity index is 578. The summed E-state index contributed by atoms with van der Waals surface area (Å²) in [6.07, 6.45) is 0. The van der Waals surface area contributed by atoms with Gasteiger partial charge in [-0.2, -0.15) is 0 Å². The van der Waals surface area contributed by atoms with E-state index >= 15 is 0 Å². The van der Waals surface area contributed by atoms with Crippen LogP contribution in [0.25, 0.3) is 0 Å². The van der Waals surface area contributed by atoms with Crippen molar-refractivity contribution in [2.75, 3.05) is 7.05 Å². The Kier molecular flexibility index (Phi) is 3.52. The van der Waals surface area contributed by atoms with Gasteiger partial charge in [-0.1, -0.05) is 0 Å². The molecule has 0 spiro atoms. The molecule has 1 aliphatic rings. The number of aromatic amines is 1. The van der Waals surface area contributed by atoms with Gasteiger partial charge >= 0.3 is 7.12 Å². The lowest BCUT2D eigenvalue weighted by molar-refractivity contribution is 0.00578. The first-order chi connectivity index (χ1) is 9.18. The molecule has 1 aromatic heterocycles. The number of carbonyl (C=O) groups excluding carboxylic acids is 1. The highest BCUT2D eigenvalue weighted by Crippen LogP contribution is 2.36. The molecule has 0 atom stereocenters. The minimum absolute atomic E-state index is 0.300. The summed E-state index contributed by atoms with van der Waals surface area (Å²) in [7, 11) is 0.753. The Balaban J connectivity index is 2.46. The number of rotatable bonds is 2. The number of aromatic nitrogens is 1. The number of hydrogen-bond donors (Lipinski definition) is 2. The molecule has 2 heterocycles. The zero-order valence-electron chi connectivity index (χ0n) is 12.4. The van der Waals surface area contributed by atoms with Gasteiger partial charge in [0.2, 0.25) is 5.56 Å². The van der Waals surface area contributed by atoms with E-state index in [0.717, 1.165) is 0 Å². The molecule has 1 aliphatic heterocycles. The van der Waals surface area contributed by atoms with Crippen molar-refractivity contribution in [3.8, 4) is 0 Å². The molecule has 6 nitrogen and oxygen atoms in total. The number of pyridine rings is 1. The lowest BCUT2D eigenvalue weighted by Crippen LogP contribution is -2.44. The fourth-order valence-corrected chi connectivity index (χ4v) is 1.97. The number of hydrogen-bond acceptors (Lipinski definition) is 4. The van der Waals surface area contributed by atoms with Crippen LogP contribution in [0.4, 0.5) is 0 Å². The fourth-order valence-electron chi connectivity index (χ4n) is 1.97. The number of amides is 1. The van der Waals surface area contributed by atoms with E-state index in [4.69, 9.17) is 9.31 Å². The van der Waals surface area contributed by atoms with Gasteiger partial charge in [0, 0.05) is 13.1 Å². The van der Waals surface area contributed by atoms with Crippen LogP contribution in [0.3, 0.4) is 0 Å². The Morgan fingerprint density at radius 2 is 1.75 bits per heavy atom. The molecule has 2 N–H and O–H groups in total. The topological polar surface area (TPSA) is 80.4 Å². The molecule has 1 aromatic rings. The van der Waals surface area contributed by atoms with Crippen LogP contribution >= 0.6 is 0 Å². The molecule has 0 radical (unpaired) electrons. The van der Waals surface area contributed by atoms with Crippen molar-refractivity contribution in [3.63, 3.8) is 0 Å². The van der Waals surface area contributed by atoms with Gasteiger partial charge in [0.25, 0.3) is 5.91 Å². The van der Waals surface area contributed by atoms with E-state index in [1.165, 1.54) is 19.2 Å². The maximum absolute atomic E-state index is 11.9. The molecular weight excluding hydrogens is 259 g/mol. The van der Waals surface area contributed by atoms with Gasteiger partial charge < -0.3 is 19.6 Å². The average molecular weight is 278 g/mol. The van der Waals surface area contributed by atoms with Gasteiger partial charge in [-0.05, 0) is 33.8 Å². The first-order valence-electron chi connectivity index (χ1n) is 6.49. The normalized spacial score (nSPS) is 19.9. The Morgan fingerprint density at radius 3 is 2.25 bits per heavy atom. The maximum atomic E-state index is 11.9. The highest BCUT2D eigenvalue weighted by molar-refractivity contribution is 6.62. The lowest BCUT2D eigenvalue weighted by atomic mass is 9.80. The highest BCUT2D eigenvalue weighted by Gasteiger charge is 2.53. The molecule has 1 amide bonds. The van der Waals surface area contributed by atoms with E-state index in [9.17, 15) is 9.59 Å². The first-order valence-corrected chi connectivity index (χ1v) is 6.49. The molecule has 0 aromatic carbocycles. The molecule has 2 rings (SSSR count). The Hall–Kier alpha value is -1.60. The van der Waals surface area contributed by atoms with Crippen molar-refractivity contribution in [1.29, 1.82) is 0 Å². The zero-order chi connectivity index (χ0) is 15.1. The van der Waals surface area contributed by atoms with Crippen molar-refractivity contribution in [2.45, 2.75) is 38.9 Å². The van der Waals surface area contributed by atoms with Crippen molar-refractivity contribution < 1.29 is 14.1 Å². The minimum atomic E-state index is -0.777. The van der Waals surface area contributed by atoms with E-state index < -0.39 is 18.3 Å². The molecule has 0 bridgehead atoms. The van der Waals surface area contributed by atoms with Crippen molar-refractivity contribution in [1.82, 2.24) is 10.3 Å². The van der Waals surface area contributed by atoms with E-state index in [-0.39, 0.29) is 11.5 Å². The van der Waals surface area contributed by atoms with Crippen molar-refractivity contribution in [3.05, 3.63) is 28.0 Å². The van der Waals surface area contributed by atoms with E-state index in [1.54, 1.807) is 0 Å². The van der Waals surface area contributed by atoms with Crippen LogP contribution < -0.4 is 16.5 Å². The smallest absolute Gasteiger partial charge is 0.398 e. The first kappa shape index (κ1) is 14.8. The molecular formula is C13H19BN2O4. The monoisotopic (exact) mass is 278 g/mol. The summed E-state index contributed by atoms with van der Waals surface area (Å²) in [6.45, 7) is 7.64. The number of nitrogens with one attached hydrogen (secondary N) is 2. The molecule has 1 fully saturated rings. The third-order valence-electron chi connectivity index (χ3n) is 3.91. The summed E-state index contributed by atoms with van der Waals surface area (Å²) >= 11 is 0. The van der Waals surface area contributed by atoms with Gasteiger partial charge in [-0.15, -0.1) is 0 Å². The van der Waals surface area contributed by atoms with E-state index in [0.29, 0.717) is 11.2 Å². The molecule has 108 valence electrons. The van der Waals surface area contributed by atoms with Gasteiger partial charge in [0.1, 0.15) is 0 Å². The molecule has 0 unspecified atom stereocenters. The minimum Gasteiger partial charge on any atom is -0.398 e. The van der Waals surface area contributed by atoms with Gasteiger partial charge in [0.15, 0.2) is 0 Å². The third-order valence-corrected chi connectivity index (χ3v) is 3.91. The average Bonchev–Trinajstić information content (AvgIpc) is 2.57. The summed E-state index contributed by atoms with van der Waals surface area (Å²) in [5.41, 5.74) is -0.696. The molecule has 7 heteroatoms. The predicted octanol–water partition coefficient (Wildman–Crippen LogP) is 0.0337. The van der Waals surface area contributed by atoms with Crippen LogP contribution in [0.15, 0.2) is 16.9 Å². The summed E-state index contributed by atoms with van der Waals surface area (Å²) in [6, 6.07) is 2.78. The standard InChI is InChI=1S/C13H19BN2O4/c1-12(2)13(3,4)20-14(19-12)10-8(11(18)15-5)6-7-9(17)16-10/h6-7H,1-5H3,(H,15,18)(H,16,17). The number of carbonyl (C=O) groups is 1. The lowest BCUT2D eigenvalue weighted by Gasteiger charge is -2.32. The van der Waals surface area contributed by atoms with Crippen LogP contribution in [0.5, 0.6) is 0 Å². The van der Waals surface area contributed by atoms with Crippen LogP contribution in [0.2, 0.25) is 0 Å². The second kappa shape index (κ2) is 4.75. The van der Waals surface area contributed by atoms with Crippen LogP contribution in [0, 0.1) is 0 Å².